The summed E-state index contributed by atoms with van der Waals surface area (Å²) in [5, 5.41) is 15.8. The Morgan fingerprint density at radius 2 is 0.897 bits per heavy atom. The second kappa shape index (κ2) is 17.0. The monoisotopic (exact) mass is 414 g/mol. The second-order valence-electron chi connectivity index (χ2n) is 6.73. The number of carbonyl (C=O) groups is 4. The van der Waals surface area contributed by atoms with Gasteiger partial charge in [-0.1, -0.05) is 26.3 Å². The summed E-state index contributed by atoms with van der Waals surface area (Å²) < 4.78 is 9.23. The van der Waals surface area contributed by atoms with Crippen molar-refractivity contribution >= 4 is 23.9 Å². The predicted octanol–water partition coefficient (Wildman–Crippen LogP) is 3.93. The highest BCUT2D eigenvalue weighted by Gasteiger charge is 2.15. The molecule has 0 aromatic heterocycles. The molecule has 29 heavy (non-hydrogen) atoms. The molecule has 0 atom stereocenters. The highest BCUT2D eigenvalue weighted by molar-refractivity contribution is 5.87. The summed E-state index contributed by atoms with van der Waals surface area (Å²) in [5.41, 5.74) is 0.818. The minimum absolute atomic E-state index is 0.176. The van der Waals surface area contributed by atoms with Gasteiger partial charge in [-0.05, 0) is 48.5 Å². The maximum Gasteiger partial charge on any atom is 0.333 e. The van der Waals surface area contributed by atoms with E-state index in [0.29, 0.717) is 11.1 Å². The number of aliphatic carboxylic acids is 2. The van der Waals surface area contributed by atoms with Crippen molar-refractivity contribution in [3.63, 3.8) is 0 Å². The van der Waals surface area contributed by atoms with Crippen molar-refractivity contribution in [1.29, 1.82) is 0 Å². The van der Waals surface area contributed by atoms with Crippen LogP contribution in [0.25, 0.3) is 0 Å². The Balaban J connectivity index is -0.000000148. The second-order valence-corrected chi connectivity index (χ2v) is 6.73. The van der Waals surface area contributed by atoms with Gasteiger partial charge in [0, 0.05) is 22.3 Å². The van der Waals surface area contributed by atoms with E-state index in [1.807, 2.05) is 20.8 Å². The zero-order valence-electron chi connectivity index (χ0n) is 18.7. The lowest BCUT2D eigenvalue weighted by molar-refractivity contribution is -0.149. The maximum atomic E-state index is 10.8. The summed E-state index contributed by atoms with van der Waals surface area (Å²) in [5.74, 6) is -2.54. The Morgan fingerprint density at radius 3 is 0.931 bits per heavy atom. The van der Waals surface area contributed by atoms with Crippen LogP contribution in [0.3, 0.4) is 0 Å². The number of rotatable bonds is 4. The Hall–Kier alpha value is -3.16. The lowest BCUT2D eigenvalue weighted by Crippen LogP contribution is -2.23. The molecule has 0 radical (unpaired) electrons. The van der Waals surface area contributed by atoms with Crippen LogP contribution in [0.2, 0.25) is 0 Å². The molecule has 0 aromatic carbocycles. The summed E-state index contributed by atoms with van der Waals surface area (Å²) in [6.07, 6.45) is 0. The van der Waals surface area contributed by atoms with E-state index >= 15 is 0 Å². The molecule has 0 saturated carbocycles. The van der Waals surface area contributed by atoms with Crippen molar-refractivity contribution < 1.29 is 38.9 Å². The van der Waals surface area contributed by atoms with E-state index in [1.54, 1.807) is 13.8 Å². The van der Waals surface area contributed by atoms with Gasteiger partial charge in [0.05, 0.1) is 7.11 Å². The quantitative estimate of drug-likeness (QED) is 0.523. The highest BCUT2D eigenvalue weighted by Crippen LogP contribution is 2.09. The molecule has 0 spiro atoms. The Labute approximate surface area is 173 Å². The summed E-state index contributed by atoms with van der Waals surface area (Å²) >= 11 is 0. The molecule has 0 rings (SSSR count). The van der Waals surface area contributed by atoms with Crippen LogP contribution in [0.15, 0.2) is 48.6 Å². The fraction of sp³-hybridized carbons (Fsp3) is 0.429. The third-order valence-corrected chi connectivity index (χ3v) is 2.01. The number of carboxylic acids is 2. The van der Waals surface area contributed by atoms with Crippen LogP contribution in [-0.2, 0) is 28.7 Å². The molecule has 0 bridgehead atoms. The van der Waals surface area contributed by atoms with E-state index in [2.05, 4.69) is 31.1 Å². The van der Waals surface area contributed by atoms with E-state index in [0.717, 1.165) is 0 Å². The minimum Gasteiger partial charge on any atom is -0.478 e. The normalized spacial score (nSPS) is 8.69. The van der Waals surface area contributed by atoms with Gasteiger partial charge in [-0.25, -0.2) is 19.2 Å². The molecular formula is C21H34O8. The summed E-state index contributed by atoms with van der Waals surface area (Å²) in [4.78, 5) is 40.2. The SMILES string of the molecule is C=C(C)C(=O)O.C=C(C)C(=O)O.C=C(C)C(=O)OC.C=C(C)C(=O)OC(C)(C)C. The number of carboxylic acid groups (broad SMARTS) is 2. The van der Waals surface area contributed by atoms with Crippen molar-refractivity contribution in [3.05, 3.63) is 48.6 Å². The number of carbonyl (C=O) groups excluding carboxylic acids is 2. The van der Waals surface area contributed by atoms with Crippen molar-refractivity contribution in [2.24, 2.45) is 0 Å². The van der Waals surface area contributed by atoms with Crippen molar-refractivity contribution in [3.8, 4) is 0 Å². The fourth-order valence-electron chi connectivity index (χ4n) is 0.539. The third-order valence-electron chi connectivity index (χ3n) is 2.01. The predicted molar refractivity (Wildman–Crippen MR) is 112 cm³/mol. The molecule has 0 aromatic rings. The zero-order chi connectivity index (χ0) is 24.5. The number of hydrogen-bond donors (Lipinski definition) is 2. The van der Waals surface area contributed by atoms with Crippen LogP contribution in [0.1, 0.15) is 48.5 Å². The van der Waals surface area contributed by atoms with Crippen molar-refractivity contribution in [1.82, 2.24) is 0 Å². The third kappa shape index (κ3) is 32.9. The summed E-state index contributed by atoms with van der Waals surface area (Å²) in [6.45, 7) is 24.7. The first-order chi connectivity index (χ1) is 12.8. The average molecular weight is 414 g/mol. The van der Waals surface area contributed by atoms with Crippen LogP contribution in [0.5, 0.6) is 0 Å². The first-order valence-electron chi connectivity index (χ1n) is 8.20. The standard InChI is InChI=1S/C8H14O2.C5H8O2.2C4H6O2/c1-6(2)7(9)10-8(3,4)5;1-4(2)5(6)7-3;2*1-3(2)4(5)6/h1H2,2-5H3;1H2,2-3H3;2*1H2,2H3,(H,5,6). The molecule has 0 aliphatic carbocycles. The van der Waals surface area contributed by atoms with E-state index < -0.39 is 17.5 Å². The number of esters is 2. The Morgan fingerprint density at radius 1 is 0.655 bits per heavy atom. The van der Waals surface area contributed by atoms with Gasteiger partial charge in [0.25, 0.3) is 0 Å². The van der Waals surface area contributed by atoms with Gasteiger partial charge in [0.15, 0.2) is 0 Å². The lowest BCUT2D eigenvalue weighted by atomic mass is 10.2. The average Bonchev–Trinajstić information content (AvgIpc) is 2.53. The largest absolute Gasteiger partial charge is 0.478 e. The van der Waals surface area contributed by atoms with E-state index in [4.69, 9.17) is 14.9 Å². The van der Waals surface area contributed by atoms with E-state index in [9.17, 15) is 19.2 Å². The van der Waals surface area contributed by atoms with Crippen molar-refractivity contribution in [2.45, 2.75) is 54.1 Å². The van der Waals surface area contributed by atoms with Gasteiger partial charge in [-0.15, -0.1) is 0 Å². The van der Waals surface area contributed by atoms with Gasteiger partial charge in [-0.3, -0.25) is 0 Å². The van der Waals surface area contributed by atoms with Crippen LogP contribution < -0.4 is 0 Å². The minimum atomic E-state index is -0.935. The molecule has 2 N–H and O–H groups in total. The lowest BCUT2D eigenvalue weighted by Gasteiger charge is -2.19. The molecule has 0 unspecified atom stereocenters. The van der Waals surface area contributed by atoms with Gasteiger partial charge < -0.3 is 19.7 Å². The first-order valence-corrected chi connectivity index (χ1v) is 8.20. The smallest absolute Gasteiger partial charge is 0.333 e. The maximum absolute atomic E-state index is 10.8. The van der Waals surface area contributed by atoms with E-state index in [1.165, 1.54) is 21.0 Å². The molecule has 0 fully saturated rings. The number of ether oxygens (including phenoxy) is 2. The van der Waals surface area contributed by atoms with Gasteiger partial charge in [-0.2, -0.15) is 0 Å². The van der Waals surface area contributed by atoms with Crippen LogP contribution in [-0.4, -0.2) is 46.8 Å². The molecule has 0 amide bonds. The Kier molecular flexibility index (Phi) is 19.6. The molecule has 8 nitrogen and oxygen atoms in total. The molecule has 0 heterocycles. The van der Waals surface area contributed by atoms with Crippen LogP contribution >= 0.6 is 0 Å². The molecule has 0 saturated heterocycles. The molecule has 8 heteroatoms. The van der Waals surface area contributed by atoms with Gasteiger partial charge >= 0.3 is 23.9 Å². The molecular weight excluding hydrogens is 380 g/mol. The topological polar surface area (TPSA) is 127 Å². The van der Waals surface area contributed by atoms with Gasteiger partial charge in [0.2, 0.25) is 0 Å². The van der Waals surface area contributed by atoms with Crippen molar-refractivity contribution in [2.75, 3.05) is 7.11 Å². The molecule has 0 aliphatic heterocycles. The zero-order valence-corrected chi connectivity index (χ0v) is 18.7. The number of hydrogen-bond acceptors (Lipinski definition) is 6. The van der Waals surface area contributed by atoms with Crippen LogP contribution in [0.4, 0.5) is 0 Å². The molecule has 166 valence electrons. The number of methoxy groups -OCH3 is 1. The fourth-order valence-corrected chi connectivity index (χ4v) is 0.539. The van der Waals surface area contributed by atoms with Crippen LogP contribution in [0, 0.1) is 0 Å². The van der Waals surface area contributed by atoms with E-state index in [-0.39, 0.29) is 23.1 Å². The summed E-state index contributed by atoms with van der Waals surface area (Å²) in [6, 6.07) is 0. The first kappa shape index (κ1) is 33.4. The van der Waals surface area contributed by atoms with Gasteiger partial charge in [0.1, 0.15) is 5.60 Å². The summed E-state index contributed by atoms with van der Waals surface area (Å²) in [7, 11) is 1.33. The Bertz CT molecular complexity index is 586. The highest BCUT2D eigenvalue weighted by atomic mass is 16.6. The molecule has 0 aliphatic rings.